The second kappa shape index (κ2) is 6.25. The average Bonchev–Trinajstić information content (AvgIpc) is 2.42. The van der Waals surface area contributed by atoms with E-state index in [1.807, 2.05) is 31.3 Å². The summed E-state index contributed by atoms with van der Waals surface area (Å²) in [6.45, 7) is 2.66. The molecule has 106 valence electrons. The summed E-state index contributed by atoms with van der Waals surface area (Å²) in [6.07, 6.45) is 0. The summed E-state index contributed by atoms with van der Waals surface area (Å²) >= 11 is 6.10. The molecule has 2 N–H and O–H groups in total. The third-order valence-electron chi connectivity index (χ3n) is 3.48. The van der Waals surface area contributed by atoms with Crippen molar-refractivity contribution in [2.45, 2.75) is 19.5 Å². The second-order valence-electron chi connectivity index (χ2n) is 5.00. The molecule has 0 aliphatic rings. The summed E-state index contributed by atoms with van der Waals surface area (Å²) in [5, 5.41) is 0.582. The van der Waals surface area contributed by atoms with Gasteiger partial charge in [0.15, 0.2) is 0 Å². The number of benzene rings is 2. The Morgan fingerprint density at radius 2 is 2.00 bits per heavy atom. The molecular weight excluding hydrogens is 275 g/mol. The molecule has 0 spiro atoms. The average molecular weight is 293 g/mol. The highest BCUT2D eigenvalue weighted by Crippen LogP contribution is 2.25. The fourth-order valence-electron chi connectivity index (χ4n) is 2.14. The molecular formula is C16H18ClFN2. The number of nitrogens with two attached hydrogens (primary N) is 1. The van der Waals surface area contributed by atoms with Gasteiger partial charge in [-0.05, 0) is 55.4 Å². The maximum Gasteiger partial charge on any atom is 0.123 e. The van der Waals surface area contributed by atoms with Crippen molar-refractivity contribution in [1.29, 1.82) is 0 Å². The lowest BCUT2D eigenvalue weighted by Gasteiger charge is -2.25. The Morgan fingerprint density at radius 3 is 2.70 bits per heavy atom. The molecule has 0 saturated heterocycles. The SMILES string of the molecule is CC(c1cccc(N)c1)N(C)Cc1cc(F)ccc1Cl. The van der Waals surface area contributed by atoms with E-state index in [1.54, 1.807) is 6.07 Å². The van der Waals surface area contributed by atoms with Crippen LogP contribution >= 0.6 is 11.6 Å². The molecule has 0 heterocycles. The molecule has 0 fully saturated rings. The highest BCUT2D eigenvalue weighted by Gasteiger charge is 2.14. The van der Waals surface area contributed by atoms with Crippen molar-refractivity contribution in [2.24, 2.45) is 0 Å². The van der Waals surface area contributed by atoms with Crippen LogP contribution in [-0.2, 0) is 6.54 Å². The molecule has 1 unspecified atom stereocenters. The molecule has 20 heavy (non-hydrogen) atoms. The molecule has 2 rings (SSSR count). The van der Waals surface area contributed by atoms with Crippen LogP contribution in [0.5, 0.6) is 0 Å². The number of nitrogens with zero attached hydrogens (tertiary/aromatic N) is 1. The third kappa shape index (κ3) is 3.50. The summed E-state index contributed by atoms with van der Waals surface area (Å²) in [5.74, 6) is -0.269. The molecule has 1 atom stereocenters. The Hall–Kier alpha value is -1.58. The zero-order valence-corrected chi connectivity index (χ0v) is 12.4. The van der Waals surface area contributed by atoms with Crippen LogP contribution in [0.4, 0.5) is 10.1 Å². The number of hydrogen-bond acceptors (Lipinski definition) is 2. The van der Waals surface area contributed by atoms with Gasteiger partial charge in [-0.15, -0.1) is 0 Å². The van der Waals surface area contributed by atoms with E-state index in [9.17, 15) is 4.39 Å². The van der Waals surface area contributed by atoms with Crippen molar-refractivity contribution in [3.63, 3.8) is 0 Å². The van der Waals surface area contributed by atoms with Gasteiger partial charge in [0.1, 0.15) is 5.82 Å². The van der Waals surface area contributed by atoms with E-state index in [0.717, 1.165) is 16.8 Å². The molecule has 2 aromatic carbocycles. The van der Waals surface area contributed by atoms with Crippen molar-refractivity contribution < 1.29 is 4.39 Å². The highest BCUT2D eigenvalue weighted by atomic mass is 35.5. The molecule has 0 amide bonds. The van der Waals surface area contributed by atoms with Gasteiger partial charge >= 0.3 is 0 Å². The molecule has 4 heteroatoms. The van der Waals surface area contributed by atoms with Crippen LogP contribution < -0.4 is 5.73 Å². The molecule has 0 aliphatic carbocycles. The highest BCUT2D eigenvalue weighted by molar-refractivity contribution is 6.31. The Labute approximate surface area is 124 Å². The Kier molecular flexibility index (Phi) is 4.63. The Morgan fingerprint density at radius 1 is 1.25 bits per heavy atom. The lowest BCUT2D eigenvalue weighted by Crippen LogP contribution is -2.22. The zero-order chi connectivity index (χ0) is 14.7. The summed E-state index contributed by atoms with van der Waals surface area (Å²) in [4.78, 5) is 2.11. The van der Waals surface area contributed by atoms with Gasteiger partial charge in [-0.2, -0.15) is 0 Å². The molecule has 0 saturated carbocycles. The van der Waals surface area contributed by atoms with Crippen LogP contribution in [0, 0.1) is 5.82 Å². The van der Waals surface area contributed by atoms with E-state index >= 15 is 0 Å². The molecule has 0 aliphatic heterocycles. The number of anilines is 1. The topological polar surface area (TPSA) is 29.3 Å². The quantitative estimate of drug-likeness (QED) is 0.854. The van der Waals surface area contributed by atoms with E-state index in [0.29, 0.717) is 11.6 Å². The fraction of sp³-hybridized carbons (Fsp3) is 0.250. The van der Waals surface area contributed by atoms with Crippen LogP contribution in [0.1, 0.15) is 24.1 Å². The van der Waals surface area contributed by atoms with E-state index in [-0.39, 0.29) is 11.9 Å². The van der Waals surface area contributed by atoms with E-state index in [1.165, 1.54) is 12.1 Å². The van der Waals surface area contributed by atoms with Gasteiger partial charge in [-0.25, -0.2) is 4.39 Å². The second-order valence-corrected chi connectivity index (χ2v) is 5.40. The maximum atomic E-state index is 13.3. The zero-order valence-electron chi connectivity index (χ0n) is 11.6. The molecule has 2 aromatic rings. The van der Waals surface area contributed by atoms with Crippen LogP contribution in [-0.4, -0.2) is 11.9 Å². The van der Waals surface area contributed by atoms with Crippen molar-refractivity contribution in [3.8, 4) is 0 Å². The van der Waals surface area contributed by atoms with Crippen LogP contribution in [0.2, 0.25) is 5.02 Å². The normalized spacial score (nSPS) is 12.7. The monoisotopic (exact) mass is 292 g/mol. The lowest BCUT2D eigenvalue weighted by atomic mass is 10.1. The summed E-state index contributed by atoms with van der Waals surface area (Å²) in [7, 11) is 1.98. The van der Waals surface area contributed by atoms with Gasteiger partial charge in [-0.1, -0.05) is 23.7 Å². The molecule has 0 radical (unpaired) electrons. The summed E-state index contributed by atoms with van der Waals surface area (Å²) in [6, 6.07) is 12.4. The maximum absolute atomic E-state index is 13.3. The summed E-state index contributed by atoms with van der Waals surface area (Å²) < 4.78 is 13.3. The predicted octanol–water partition coefficient (Wildman–Crippen LogP) is 4.25. The minimum atomic E-state index is -0.269. The van der Waals surface area contributed by atoms with Gasteiger partial charge in [0, 0.05) is 23.3 Å². The van der Waals surface area contributed by atoms with Gasteiger partial charge in [0.25, 0.3) is 0 Å². The minimum absolute atomic E-state index is 0.165. The van der Waals surface area contributed by atoms with Gasteiger partial charge < -0.3 is 5.73 Å². The van der Waals surface area contributed by atoms with Crippen molar-refractivity contribution >= 4 is 17.3 Å². The van der Waals surface area contributed by atoms with Crippen LogP contribution in [0.3, 0.4) is 0 Å². The summed E-state index contributed by atoms with van der Waals surface area (Å²) in [5.41, 5.74) is 8.45. The van der Waals surface area contributed by atoms with Gasteiger partial charge in [0.2, 0.25) is 0 Å². The van der Waals surface area contributed by atoms with E-state index in [2.05, 4.69) is 11.8 Å². The van der Waals surface area contributed by atoms with Gasteiger partial charge in [-0.3, -0.25) is 4.90 Å². The van der Waals surface area contributed by atoms with Crippen molar-refractivity contribution in [2.75, 3.05) is 12.8 Å². The first kappa shape index (κ1) is 14.8. The standard InChI is InChI=1S/C16H18ClFN2/c1-11(12-4-3-5-15(19)9-12)20(2)10-13-8-14(18)6-7-16(13)17/h3-9,11H,10,19H2,1-2H3. The number of hydrogen-bond donors (Lipinski definition) is 1. The Balaban J connectivity index is 2.15. The largest absolute Gasteiger partial charge is 0.399 e. The smallest absolute Gasteiger partial charge is 0.123 e. The van der Waals surface area contributed by atoms with Crippen LogP contribution in [0.25, 0.3) is 0 Å². The van der Waals surface area contributed by atoms with Crippen molar-refractivity contribution in [1.82, 2.24) is 4.90 Å². The first-order valence-corrected chi connectivity index (χ1v) is 6.85. The number of rotatable bonds is 4. The lowest BCUT2D eigenvalue weighted by molar-refractivity contribution is 0.253. The number of nitrogen functional groups attached to an aromatic ring is 1. The first-order valence-electron chi connectivity index (χ1n) is 6.47. The molecule has 0 bridgehead atoms. The third-order valence-corrected chi connectivity index (χ3v) is 3.85. The van der Waals surface area contributed by atoms with Gasteiger partial charge in [0.05, 0.1) is 0 Å². The molecule has 2 nitrogen and oxygen atoms in total. The molecule has 0 aromatic heterocycles. The van der Waals surface area contributed by atoms with Crippen LogP contribution in [0.15, 0.2) is 42.5 Å². The predicted molar refractivity (Wildman–Crippen MR) is 82.1 cm³/mol. The first-order chi connectivity index (χ1) is 9.47. The van der Waals surface area contributed by atoms with E-state index in [4.69, 9.17) is 17.3 Å². The van der Waals surface area contributed by atoms with Crippen molar-refractivity contribution in [3.05, 3.63) is 64.4 Å². The fourth-order valence-corrected chi connectivity index (χ4v) is 2.32. The van der Waals surface area contributed by atoms with E-state index < -0.39 is 0 Å². The minimum Gasteiger partial charge on any atom is -0.399 e. The number of halogens is 2. The Bertz CT molecular complexity index is 601.